The summed E-state index contributed by atoms with van der Waals surface area (Å²) in [6.07, 6.45) is 2.02. The third-order valence-corrected chi connectivity index (χ3v) is 6.07. The molecule has 7 heteroatoms. The van der Waals surface area contributed by atoms with Crippen molar-refractivity contribution in [3.8, 4) is 17.3 Å². The van der Waals surface area contributed by atoms with Gasteiger partial charge in [-0.2, -0.15) is 5.10 Å². The monoisotopic (exact) mass is 483 g/mol. The Morgan fingerprint density at radius 1 is 1.15 bits per heavy atom. The van der Waals surface area contributed by atoms with Crippen LogP contribution >= 0.6 is 11.6 Å². The number of aromatic nitrogens is 2. The first-order valence-electron chi connectivity index (χ1n) is 12.0. The van der Waals surface area contributed by atoms with Gasteiger partial charge in [-0.3, -0.25) is 4.90 Å². The van der Waals surface area contributed by atoms with Gasteiger partial charge < -0.3 is 14.6 Å². The fraction of sp³-hybridized carbons (Fsp3) is 0.444. The van der Waals surface area contributed by atoms with Gasteiger partial charge in [0.15, 0.2) is 0 Å². The highest BCUT2D eigenvalue weighted by atomic mass is 35.5. The number of nitrogens with zero attached hydrogens (tertiary/aromatic N) is 3. The molecule has 3 aromatic rings. The summed E-state index contributed by atoms with van der Waals surface area (Å²) in [5.74, 6) is 2.09. The molecular formula is C27H34ClN3O3. The lowest BCUT2D eigenvalue weighted by Crippen LogP contribution is -2.36. The van der Waals surface area contributed by atoms with E-state index >= 15 is 0 Å². The number of aliphatic hydroxyl groups excluding tert-OH is 1. The fourth-order valence-electron chi connectivity index (χ4n) is 3.96. The van der Waals surface area contributed by atoms with Gasteiger partial charge in [0.1, 0.15) is 5.75 Å². The average Bonchev–Trinajstić information content (AvgIpc) is 3.57. The zero-order valence-corrected chi connectivity index (χ0v) is 20.9. The normalized spacial score (nSPS) is 14.7. The van der Waals surface area contributed by atoms with Gasteiger partial charge in [0, 0.05) is 24.7 Å². The third-order valence-electron chi connectivity index (χ3n) is 5.83. The number of benzene rings is 2. The molecule has 2 aromatic carbocycles. The molecule has 0 bridgehead atoms. The van der Waals surface area contributed by atoms with Crippen LogP contribution in [0.5, 0.6) is 11.6 Å². The van der Waals surface area contributed by atoms with Crippen LogP contribution in [0, 0.1) is 12.8 Å². The molecule has 1 saturated carbocycles. The van der Waals surface area contributed by atoms with Gasteiger partial charge in [0.25, 0.3) is 0 Å². The van der Waals surface area contributed by atoms with Gasteiger partial charge in [-0.1, -0.05) is 35.9 Å². The highest BCUT2D eigenvalue weighted by molar-refractivity contribution is 6.30. The average molecular weight is 484 g/mol. The smallest absolute Gasteiger partial charge is 0.227 e. The van der Waals surface area contributed by atoms with Crippen molar-refractivity contribution in [1.29, 1.82) is 0 Å². The highest BCUT2D eigenvalue weighted by Gasteiger charge is 2.28. The number of rotatable bonds is 12. The maximum atomic E-state index is 10.6. The highest BCUT2D eigenvalue weighted by Crippen LogP contribution is 2.34. The summed E-state index contributed by atoms with van der Waals surface area (Å²) in [4.78, 5) is 2.30. The lowest BCUT2D eigenvalue weighted by atomic mass is 10.2. The Bertz CT molecular complexity index is 1070. The fourth-order valence-corrected chi connectivity index (χ4v) is 4.14. The minimum atomic E-state index is -0.553. The molecule has 34 heavy (non-hydrogen) atoms. The molecule has 0 amide bonds. The summed E-state index contributed by atoms with van der Waals surface area (Å²) in [6, 6.07) is 17.3. The molecule has 4 rings (SSSR count). The quantitative estimate of drug-likeness (QED) is 0.362. The van der Waals surface area contributed by atoms with Crippen molar-refractivity contribution in [3.63, 3.8) is 0 Å². The zero-order valence-electron chi connectivity index (χ0n) is 20.2. The molecular weight excluding hydrogens is 450 g/mol. The van der Waals surface area contributed by atoms with Crippen LogP contribution in [0.25, 0.3) is 5.69 Å². The van der Waals surface area contributed by atoms with Crippen LogP contribution in [-0.2, 0) is 11.3 Å². The van der Waals surface area contributed by atoms with E-state index in [1.54, 1.807) is 0 Å². The van der Waals surface area contributed by atoms with Crippen LogP contribution in [0.15, 0.2) is 54.6 Å². The molecule has 1 fully saturated rings. The van der Waals surface area contributed by atoms with Crippen LogP contribution in [0.4, 0.5) is 0 Å². The lowest BCUT2D eigenvalue weighted by Gasteiger charge is -2.26. The van der Waals surface area contributed by atoms with E-state index < -0.39 is 6.10 Å². The second-order valence-corrected chi connectivity index (χ2v) is 9.79. The SMILES string of the molecule is Cc1nn(-c2cccc(Cl)c2)c(Oc2ccccc2)c1CN(CC(O)COC(C)C)CC1CC1. The molecule has 1 aromatic heterocycles. The number of para-hydroxylation sites is 1. The summed E-state index contributed by atoms with van der Waals surface area (Å²) in [6.45, 7) is 8.39. The Morgan fingerprint density at radius 2 is 1.91 bits per heavy atom. The minimum absolute atomic E-state index is 0.0931. The number of halogens is 1. The van der Waals surface area contributed by atoms with Crippen molar-refractivity contribution < 1.29 is 14.6 Å². The Morgan fingerprint density at radius 3 is 2.59 bits per heavy atom. The molecule has 1 aliphatic carbocycles. The number of aliphatic hydroxyl groups is 1. The van der Waals surface area contributed by atoms with E-state index in [1.807, 2.05) is 80.1 Å². The molecule has 0 radical (unpaired) electrons. The van der Waals surface area contributed by atoms with Crippen LogP contribution < -0.4 is 4.74 Å². The Labute approximate surface area is 207 Å². The van der Waals surface area contributed by atoms with Gasteiger partial charge >= 0.3 is 0 Å². The van der Waals surface area contributed by atoms with E-state index in [0.29, 0.717) is 36.5 Å². The van der Waals surface area contributed by atoms with Gasteiger partial charge in [0.2, 0.25) is 5.88 Å². The predicted molar refractivity (Wildman–Crippen MR) is 135 cm³/mol. The molecule has 1 atom stereocenters. The summed E-state index contributed by atoms with van der Waals surface area (Å²) >= 11 is 6.28. The van der Waals surface area contributed by atoms with E-state index in [2.05, 4.69) is 4.90 Å². The molecule has 0 aliphatic heterocycles. The summed E-state index contributed by atoms with van der Waals surface area (Å²) in [7, 11) is 0. The summed E-state index contributed by atoms with van der Waals surface area (Å²) < 4.78 is 13.9. The molecule has 1 heterocycles. The number of aryl methyl sites for hydroxylation is 1. The molecule has 0 spiro atoms. The van der Waals surface area contributed by atoms with E-state index in [9.17, 15) is 5.11 Å². The number of hydrogen-bond acceptors (Lipinski definition) is 5. The largest absolute Gasteiger partial charge is 0.439 e. The molecule has 1 aliphatic rings. The molecule has 182 valence electrons. The second-order valence-electron chi connectivity index (χ2n) is 9.35. The maximum Gasteiger partial charge on any atom is 0.227 e. The van der Waals surface area contributed by atoms with E-state index in [1.165, 1.54) is 12.8 Å². The van der Waals surface area contributed by atoms with Crippen molar-refractivity contribution in [2.45, 2.75) is 52.4 Å². The molecule has 6 nitrogen and oxygen atoms in total. The van der Waals surface area contributed by atoms with E-state index in [4.69, 9.17) is 26.2 Å². The van der Waals surface area contributed by atoms with Crippen molar-refractivity contribution in [2.75, 3.05) is 19.7 Å². The van der Waals surface area contributed by atoms with E-state index in [-0.39, 0.29) is 6.10 Å². The minimum Gasteiger partial charge on any atom is -0.439 e. The molecule has 1 N–H and O–H groups in total. The van der Waals surface area contributed by atoms with E-state index in [0.717, 1.165) is 29.2 Å². The topological polar surface area (TPSA) is 59.8 Å². The first kappa shape index (κ1) is 24.7. The Hall–Kier alpha value is -2.38. The first-order chi connectivity index (χ1) is 16.4. The van der Waals surface area contributed by atoms with Crippen LogP contribution in [0.1, 0.15) is 37.9 Å². The first-order valence-corrected chi connectivity index (χ1v) is 12.4. The summed E-state index contributed by atoms with van der Waals surface area (Å²) in [5, 5.41) is 16.1. The third kappa shape index (κ3) is 6.83. The van der Waals surface area contributed by atoms with Crippen molar-refractivity contribution >= 4 is 11.6 Å². The van der Waals surface area contributed by atoms with Crippen molar-refractivity contribution in [2.24, 2.45) is 5.92 Å². The van der Waals surface area contributed by atoms with Crippen molar-refractivity contribution in [1.82, 2.24) is 14.7 Å². The second kappa shape index (κ2) is 11.4. The Kier molecular flexibility index (Phi) is 8.27. The number of hydrogen-bond donors (Lipinski definition) is 1. The van der Waals surface area contributed by atoms with Gasteiger partial charge in [-0.15, -0.1) is 0 Å². The van der Waals surface area contributed by atoms with Gasteiger partial charge in [-0.05, 0) is 69.9 Å². The van der Waals surface area contributed by atoms with Gasteiger partial charge in [-0.25, -0.2) is 4.68 Å². The predicted octanol–water partition coefficient (Wildman–Crippen LogP) is 5.62. The summed E-state index contributed by atoms with van der Waals surface area (Å²) in [5.41, 5.74) is 2.73. The van der Waals surface area contributed by atoms with Crippen LogP contribution in [-0.4, -0.2) is 51.7 Å². The molecule has 1 unspecified atom stereocenters. The van der Waals surface area contributed by atoms with Crippen LogP contribution in [0.2, 0.25) is 5.02 Å². The Balaban J connectivity index is 1.64. The number of ether oxygens (including phenoxy) is 2. The molecule has 0 saturated heterocycles. The van der Waals surface area contributed by atoms with Gasteiger partial charge in [0.05, 0.1) is 35.8 Å². The van der Waals surface area contributed by atoms with Crippen LogP contribution in [0.3, 0.4) is 0 Å². The maximum absolute atomic E-state index is 10.6. The standard InChI is InChI=1S/C27H34ClN3O3/c1-19(2)33-18-24(32)16-30(15-21-12-13-21)17-26-20(3)29-31(23-9-7-8-22(28)14-23)27(26)34-25-10-5-4-6-11-25/h4-11,14,19,21,24,32H,12-13,15-18H2,1-3H3. The van der Waals surface area contributed by atoms with Crippen molar-refractivity contribution in [3.05, 3.63) is 70.9 Å². The zero-order chi connectivity index (χ0) is 24.1. The lowest BCUT2D eigenvalue weighted by molar-refractivity contribution is -0.0101.